The van der Waals surface area contributed by atoms with Crippen LogP contribution in [-0.4, -0.2) is 67.1 Å². The maximum absolute atomic E-state index is 12.3. The number of rotatable bonds is 5. The van der Waals surface area contributed by atoms with Gasteiger partial charge < -0.3 is 24.8 Å². The van der Waals surface area contributed by atoms with Crippen LogP contribution in [0.2, 0.25) is 0 Å². The molecule has 7 heteroatoms. The summed E-state index contributed by atoms with van der Waals surface area (Å²) in [6.45, 7) is 2.75. The lowest BCUT2D eigenvalue weighted by Gasteiger charge is -2.37. The highest BCUT2D eigenvalue weighted by Crippen LogP contribution is 2.24. The minimum atomic E-state index is -0.915. The van der Waals surface area contributed by atoms with Gasteiger partial charge in [-0.2, -0.15) is 0 Å². The monoisotopic (exact) mass is 286 g/mol. The SMILES string of the molecule is CCN(C(=O)NC1CC(OC)C1)C1COCC1C(=O)O. The van der Waals surface area contributed by atoms with Gasteiger partial charge in [0, 0.05) is 19.7 Å². The second kappa shape index (κ2) is 6.41. The number of carboxylic acid groups (broad SMARTS) is 1. The van der Waals surface area contributed by atoms with Gasteiger partial charge >= 0.3 is 12.0 Å². The van der Waals surface area contributed by atoms with Crippen LogP contribution in [0.25, 0.3) is 0 Å². The molecule has 7 nitrogen and oxygen atoms in total. The fourth-order valence-electron chi connectivity index (χ4n) is 2.75. The minimum Gasteiger partial charge on any atom is -0.481 e. The van der Waals surface area contributed by atoms with E-state index in [-0.39, 0.29) is 31.4 Å². The Morgan fingerprint density at radius 2 is 2.10 bits per heavy atom. The highest BCUT2D eigenvalue weighted by Gasteiger charge is 2.40. The molecule has 0 bridgehead atoms. The number of hydrogen-bond acceptors (Lipinski definition) is 4. The van der Waals surface area contributed by atoms with Crippen LogP contribution >= 0.6 is 0 Å². The molecule has 20 heavy (non-hydrogen) atoms. The Labute approximate surface area is 118 Å². The summed E-state index contributed by atoms with van der Waals surface area (Å²) < 4.78 is 10.4. The van der Waals surface area contributed by atoms with Gasteiger partial charge in [0.1, 0.15) is 5.92 Å². The number of nitrogens with one attached hydrogen (secondary N) is 1. The molecule has 1 aliphatic heterocycles. The van der Waals surface area contributed by atoms with E-state index in [4.69, 9.17) is 14.6 Å². The maximum Gasteiger partial charge on any atom is 0.317 e. The number of aliphatic carboxylic acids is 1. The molecule has 0 radical (unpaired) electrons. The average molecular weight is 286 g/mol. The molecule has 114 valence electrons. The van der Waals surface area contributed by atoms with E-state index < -0.39 is 17.9 Å². The Bertz CT molecular complexity index is 370. The molecule has 2 fully saturated rings. The largest absolute Gasteiger partial charge is 0.481 e. The fourth-order valence-corrected chi connectivity index (χ4v) is 2.75. The molecule has 2 amide bonds. The summed E-state index contributed by atoms with van der Waals surface area (Å²) in [7, 11) is 1.66. The van der Waals surface area contributed by atoms with Gasteiger partial charge in [-0.3, -0.25) is 4.79 Å². The summed E-state index contributed by atoms with van der Waals surface area (Å²) in [5.74, 6) is -1.56. The van der Waals surface area contributed by atoms with Gasteiger partial charge in [0.2, 0.25) is 0 Å². The van der Waals surface area contributed by atoms with Crippen molar-refractivity contribution in [3.05, 3.63) is 0 Å². The van der Waals surface area contributed by atoms with Crippen LogP contribution in [0.5, 0.6) is 0 Å². The Morgan fingerprint density at radius 1 is 1.40 bits per heavy atom. The molecule has 0 aromatic rings. The van der Waals surface area contributed by atoms with Crippen molar-refractivity contribution >= 4 is 12.0 Å². The second-order valence-corrected chi connectivity index (χ2v) is 5.31. The molecule has 2 atom stereocenters. The molecular weight excluding hydrogens is 264 g/mol. The van der Waals surface area contributed by atoms with Crippen molar-refractivity contribution < 1.29 is 24.2 Å². The number of urea groups is 1. The minimum absolute atomic E-state index is 0.118. The number of carboxylic acids is 1. The van der Waals surface area contributed by atoms with E-state index in [1.165, 1.54) is 0 Å². The molecule has 1 heterocycles. The maximum atomic E-state index is 12.3. The van der Waals surface area contributed by atoms with Crippen LogP contribution in [-0.2, 0) is 14.3 Å². The van der Waals surface area contributed by atoms with Crippen LogP contribution in [0.1, 0.15) is 19.8 Å². The van der Waals surface area contributed by atoms with E-state index in [9.17, 15) is 9.59 Å². The highest BCUT2D eigenvalue weighted by atomic mass is 16.5. The number of hydrogen-bond donors (Lipinski definition) is 2. The number of methoxy groups -OCH3 is 1. The van der Waals surface area contributed by atoms with E-state index in [2.05, 4.69) is 5.32 Å². The molecule has 2 unspecified atom stereocenters. The molecule has 2 aliphatic rings. The number of carbonyl (C=O) groups is 2. The lowest BCUT2D eigenvalue weighted by molar-refractivity contribution is -0.142. The van der Waals surface area contributed by atoms with Gasteiger partial charge in [-0.15, -0.1) is 0 Å². The summed E-state index contributed by atoms with van der Waals surface area (Å²) >= 11 is 0. The predicted molar refractivity (Wildman–Crippen MR) is 70.5 cm³/mol. The molecule has 2 rings (SSSR count). The summed E-state index contributed by atoms with van der Waals surface area (Å²) in [5.41, 5.74) is 0. The first kappa shape index (κ1) is 15.1. The number of ether oxygens (including phenoxy) is 2. The molecular formula is C13H22N2O5. The lowest BCUT2D eigenvalue weighted by atomic mass is 9.89. The van der Waals surface area contributed by atoms with Crippen LogP contribution < -0.4 is 5.32 Å². The van der Waals surface area contributed by atoms with E-state index in [0.29, 0.717) is 6.54 Å². The van der Waals surface area contributed by atoms with Gasteiger partial charge in [0.25, 0.3) is 0 Å². The topological polar surface area (TPSA) is 88.1 Å². The molecule has 1 aliphatic carbocycles. The predicted octanol–water partition coefficient (Wildman–Crippen LogP) is 0.295. The zero-order valence-electron chi connectivity index (χ0n) is 11.9. The van der Waals surface area contributed by atoms with E-state index >= 15 is 0 Å². The van der Waals surface area contributed by atoms with Gasteiger partial charge in [-0.05, 0) is 19.8 Å². The third-order valence-corrected chi connectivity index (χ3v) is 4.13. The van der Waals surface area contributed by atoms with Crippen LogP contribution in [0.4, 0.5) is 4.79 Å². The van der Waals surface area contributed by atoms with E-state index in [1.54, 1.807) is 12.0 Å². The Hall–Kier alpha value is -1.34. The Balaban J connectivity index is 1.90. The van der Waals surface area contributed by atoms with Gasteiger partial charge in [0.05, 0.1) is 25.4 Å². The summed E-state index contributed by atoms with van der Waals surface area (Å²) in [5, 5.41) is 12.1. The van der Waals surface area contributed by atoms with E-state index in [1.807, 2.05) is 6.92 Å². The number of carbonyl (C=O) groups excluding carboxylic acids is 1. The van der Waals surface area contributed by atoms with Crippen molar-refractivity contribution in [2.45, 2.75) is 38.0 Å². The zero-order valence-corrected chi connectivity index (χ0v) is 11.9. The highest BCUT2D eigenvalue weighted by molar-refractivity contribution is 5.77. The lowest BCUT2D eigenvalue weighted by Crippen LogP contribution is -2.56. The fraction of sp³-hybridized carbons (Fsp3) is 0.846. The molecule has 0 spiro atoms. The van der Waals surface area contributed by atoms with Crippen molar-refractivity contribution in [3.8, 4) is 0 Å². The number of amides is 2. The normalized spacial score (nSPS) is 32.5. The van der Waals surface area contributed by atoms with Crippen molar-refractivity contribution in [3.63, 3.8) is 0 Å². The standard InChI is InChI=1S/C13H22N2O5/c1-3-15(11-7-20-6-10(11)12(16)17)13(18)14-8-4-9(5-8)19-2/h8-11H,3-7H2,1-2H3,(H,14,18)(H,16,17). The van der Waals surface area contributed by atoms with Crippen molar-refractivity contribution in [1.29, 1.82) is 0 Å². The summed E-state index contributed by atoms with van der Waals surface area (Å²) in [6, 6.07) is -0.489. The van der Waals surface area contributed by atoms with Gasteiger partial charge in [0.15, 0.2) is 0 Å². The van der Waals surface area contributed by atoms with Crippen LogP contribution in [0.15, 0.2) is 0 Å². The number of likely N-dealkylation sites (N-methyl/N-ethyl adjacent to an activating group) is 1. The molecule has 0 aromatic heterocycles. The third kappa shape index (κ3) is 3.04. The molecule has 1 saturated heterocycles. The first-order chi connectivity index (χ1) is 9.56. The van der Waals surface area contributed by atoms with Crippen molar-refractivity contribution in [1.82, 2.24) is 10.2 Å². The first-order valence-electron chi connectivity index (χ1n) is 6.97. The summed E-state index contributed by atoms with van der Waals surface area (Å²) in [6.07, 6.45) is 1.84. The molecule has 2 N–H and O–H groups in total. The Kier molecular flexibility index (Phi) is 4.82. The van der Waals surface area contributed by atoms with Gasteiger partial charge in [-0.1, -0.05) is 0 Å². The average Bonchev–Trinajstić information content (AvgIpc) is 2.83. The second-order valence-electron chi connectivity index (χ2n) is 5.31. The van der Waals surface area contributed by atoms with Gasteiger partial charge in [-0.25, -0.2) is 4.79 Å². The number of nitrogens with zero attached hydrogens (tertiary/aromatic N) is 1. The van der Waals surface area contributed by atoms with Crippen molar-refractivity contribution in [2.24, 2.45) is 5.92 Å². The summed E-state index contributed by atoms with van der Waals surface area (Å²) in [4.78, 5) is 25.0. The third-order valence-electron chi connectivity index (χ3n) is 4.13. The van der Waals surface area contributed by atoms with E-state index in [0.717, 1.165) is 12.8 Å². The first-order valence-corrected chi connectivity index (χ1v) is 6.97. The quantitative estimate of drug-likeness (QED) is 0.758. The zero-order chi connectivity index (χ0) is 14.7. The Morgan fingerprint density at radius 3 is 2.65 bits per heavy atom. The van der Waals surface area contributed by atoms with Crippen LogP contribution in [0, 0.1) is 5.92 Å². The molecule has 0 aromatic carbocycles. The smallest absolute Gasteiger partial charge is 0.317 e. The molecule has 1 saturated carbocycles. The van der Waals surface area contributed by atoms with Crippen molar-refractivity contribution in [2.75, 3.05) is 26.9 Å². The van der Waals surface area contributed by atoms with Crippen LogP contribution in [0.3, 0.4) is 0 Å².